The second-order valence-corrected chi connectivity index (χ2v) is 7.43. The summed E-state index contributed by atoms with van der Waals surface area (Å²) in [6.45, 7) is 6.16. The molecule has 1 aromatic rings. The summed E-state index contributed by atoms with van der Waals surface area (Å²) in [6, 6.07) is 0. The fourth-order valence-electron chi connectivity index (χ4n) is 2.54. The molecule has 2 rings (SSSR count). The van der Waals surface area contributed by atoms with E-state index in [1.54, 1.807) is 0 Å². The van der Waals surface area contributed by atoms with E-state index < -0.39 is 10.0 Å². The van der Waals surface area contributed by atoms with Crippen molar-refractivity contribution in [3.63, 3.8) is 0 Å². The Hall–Kier alpha value is -0.960. The van der Waals surface area contributed by atoms with Gasteiger partial charge in [0.05, 0.1) is 12.8 Å². The minimum absolute atomic E-state index is 0.484. The van der Waals surface area contributed by atoms with Crippen molar-refractivity contribution in [3.05, 3.63) is 18.2 Å². The van der Waals surface area contributed by atoms with Gasteiger partial charge in [0.1, 0.15) is 5.82 Å². The van der Waals surface area contributed by atoms with Crippen molar-refractivity contribution in [2.45, 2.75) is 13.0 Å². The van der Waals surface area contributed by atoms with Gasteiger partial charge in [0.25, 0.3) is 0 Å². The van der Waals surface area contributed by atoms with Crippen molar-refractivity contribution in [1.29, 1.82) is 0 Å². The lowest BCUT2D eigenvalue weighted by Gasteiger charge is -2.21. The zero-order valence-electron chi connectivity index (χ0n) is 12.8. The van der Waals surface area contributed by atoms with Gasteiger partial charge in [0.15, 0.2) is 0 Å². The van der Waals surface area contributed by atoms with Gasteiger partial charge in [-0.1, -0.05) is 0 Å². The lowest BCUT2D eigenvalue weighted by Crippen LogP contribution is -2.36. The highest BCUT2D eigenvalue weighted by molar-refractivity contribution is 7.88. The Morgan fingerprint density at radius 3 is 2.62 bits per heavy atom. The molecule has 1 aliphatic rings. The highest BCUT2D eigenvalue weighted by Crippen LogP contribution is 2.07. The number of imidazole rings is 1. The molecule has 0 atom stereocenters. The molecule has 0 saturated carbocycles. The molecule has 0 unspecified atom stereocenters. The fraction of sp³-hybridized carbons (Fsp3) is 0.769. The third-order valence-electron chi connectivity index (χ3n) is 3.76. The summed E-state index contributed by atoms with van der Waals surface area (Å²) in [7, 11) is -1.06. The highest BCUT2D eigenvalue weighted by atomic mass is 32.2. The van der Waals surface area contributed by atoms with Crippen LogP contribution in [0.15, 0.2) is 12.4 Å². The Kier molecular flexibility index (Phi) is 5.74. The van der Waals surface area contributed by atoms with Gasteiger partial charge in [-0.3, -0.25) is 4.90 Å². The summed E-state index contributed by atoms with van der Waals surface area (Å²) in [5.41, 5.74) is 0. The van der Waals surface area contributed by atoms with Crippen molar-refractivity contribution in [2.75, 3.05) is 45.5 Å². The third kappa shape index (κ3) is 5.74. The monoisotopic (exact) mass is 315 g/mol. The number of rotatable bonds is 6. The lowest BCUT2D eigenvalue weighted by molar-refractivity contribution is 0.248. The summed E-state index contributed by atoms with van der Waals surface area (Å²) in [5, 5.41) is 0. The van der Waals surface area contributed by atoms with Crippen molar-refractivity contribution in [3.8, 4) is 0 Å². The first kappa shape index (κ1) is 16.4. The first-order valence-corrected chi connectivity index (χ1v) is 9.19. The molecule has 0 spiro atoms. The molecule has 1 saturated heterocycles. The van der Waals surface area contributed by atoms with Gasteiger partial charge >= 0.3 is 0 Å². The average molecular weight is 315 g/mol. The summed E-state index contributed by atoms with van der Waals surface area (Å²) in [6.07, 6.45) is 6.10. The number of nitrogens with zero attached hydrogens (tertiary/aromatic N) is 4. The number of hydrogen-bond donors (Lipinski definition) is 1. The van der Waals surface area contributed by atoms with Crippen LogP contribution in [0.5, 0.6) is 0 Å². The lowest BCUT2D eigenvalue weighted by atomic mass is 10.3. The van der Waals surface area contributed by atoms with Gasteiger partial charge in [0.2, 0.25) is 10.0 Å². The average Bonchev–Trinajstić information content (AvgIpc) is 2.66. The molecule has 21 heavy (non-hydrogen) atoms. The van der Waals surface area contributed by atoms with Crippen LogP contribution < -0.4 is 4.72 Å². The number of aromatic nitrogens is 2. The second kappa shape index (κ2) is 7.35. The van der Waals surface area contributed by atoms with Crippen molar-refractivity contribution in [2.24, 2.45) is 7.05 Å². The standard InChI is InChI=1S/C13H25N5O2S/c1-16-8-4-14-13(16)12-18-7-3-6-17(10-11-18)9-5-15-21(2,19)20/h4,8,15H,3,5-7,9-12H2,1-2H3. The van der Waals surface area contributed by atoms with Crippen LogP contribution in [0.3, 0.4) is 0 Å². The van der Waals surface area contributed by atoms with Crippen LogP contribution in [0.25, 0.3) is 0 Å². The maximum absolute atomic E-state index is 11.1. The Balaban J connectivity index is 1.75. The Morgan fingerprint density at radius 2 is 1.95 bits per heavy atom. The number of aryl methyl sites for hydroxylation is 1. The van der Waals surface area contributed by atoms with Crippen LogP contribution in [0.2, 0.25) is 0 Å². The van der Waals surface area contributed by atoms with Gasteiger partial charge in [-0.2, -0.15) is 0 Å². The van der Waals surface area contributed by atoms with Crippen molar-refractivity contribution < 1.29 is 8.42 Å². The molecule has 120 valence electrons. The van der Waals surface area contributed by atoms with Crippen molar-refractivity contribution >= 4 is 10.0 Å². The molecule has 1 fully saturated rings. The van der Waals surface area contributed by atoms with Crippen LogP contribution >= 0.6 is 0 Å². The van der Waals surface area contributed by atoms with Crippen LogP contribution in [-0.2, 0) is 23.6 Å². The van der Waals surface area contributed by atoms with E-state index in [1.165, 1.54) is 6.26 Å². The summed E-state index contributed by atoms with van der Waals surface area (Å²) < 4.78 is 26.7. The van der Waals surface area contributed by atoms with Crippen LogP contribution in [0, 0.1) is 0 Å². The van der Waals surface area contributed by atoms with Gasteiger partial charge in [-0.25, -0.2) is 18.1 Å². The molecule has 1 aromatic heterocycles. The molecule has 8 heteroatoms. The smallest absolute Gasteiger partial charge is 0.208 e. The third-order valence-corrected chi connectivity index (χ3v) is 4.49. The van der Waals surface area contributed by atoms with Gasteiger partial charge in [-0.05, 0) is 19.5 Å². The Labute approximate surface area is 127 Å². The first-order chi connectivity index (χ1) is 9.94. The Morgan fingerprint density at radius 1 is 1.24 bits per heavy atom. The zero-order chi connectivity index (χ0) is 15.3. The van der Waals surface area contributed by atoms with E-state index in [-0.39, 0.29) is 0 Å². The molecule has 1 N–H and O–H groups in total. The molecule has 1 aliphatic heterocycles. The number of sulfonamides is 1. The highest BCUT2D eigenvalue weighted by Gasteiger charge is 2.16. The van der Waals surface area contributed by atoms with Gasteiger partial charge < -0.3 is 9.47 Å². The van der Waals surface area contributed by atoms with E-state index >= 15 is 0 Å². The predicted molar refractivity (Wildman–Crippen MR) is 82.4 cm³/mol. The molecule has 0 aliphatic carbocycles. The first-order valence-electron chi connectivity index (χ1n) is 7.29. The predicted octanol–water partition coefficient (Wildman–Crippen LogP) is -0.523. The molecule has 7 nitrogen and oxygen atoms in total. The van der Waals surface area contributed by atoms with E-state index in [9.17, 15) is 8.42 Å². The second-order valence-electron chi connectivity index (χ2n) is 5.59. The molecule has 0 aromatic carbocycles. The topological polar surface area (TPSA) is 70.5 Å². The minimum atomic E-state index is -3.08. The Bertz CT molecular complexity index is 543. The van der Waals surface area contributed by atoms with E-state index in [1.807, 2.05) is 19.4 Å². The quantitative estimate of drug-likeness (QED) is 0.765. The van der Waals surface area contributed by atoms with E-state index in [2.05, 4.69) is 24.1 Å². The van der Waals surface area contributed by atoms with E-state index in [0.29, 0.717) is 6.54 Å². The molecule has 2 heterocycles. The summed E-state index contributed by atoms with van der Waals surface area (Å²) >= 11 is 0. The minimum Gasteiger partial charge on any atom is -0.337 e. The van der Waals surface area contributed by atoms with Crippen LogP contribution in [-0.4, -0.2) is 73.3 Å². The van der Waals surface area contributed by atoms with E-state index in [0.717, 1.165) is 51.5 Å². The maximum Gasteiger partial charge on any atom is 0.208 e. The van der Waals surface area contributed by atoms with Crippen molar-refractivity contribution in [1.82, 2.24) is 24.1 Å². The molecular weight excluding hydrogens is 290 g/mol. The SMILES string of the molecule is Cn1ccnc1CN1CCCN(CCNS(C)(=O)=O)CC1. The molecule has 0 bridgehead atoms. The molecule has 0 amide bonds. The fourth-order valence-corrected chi connectivity index (χ4v) is 3.01. The van der Waals surface area contributed by atoms with Gasteiger partial charge in [0, 0.05) is 45.6 Å². The van der Waals surface area contributed by atoms with Gasteiger partial charge in [-0.15, -0.1) is 0 Å². The van der Waals surface area contributed by atoms with Crippen LogP contribution in [0.4, 0.5) is 0 Å². The number of nitrogens with one attached hydrogen (secondary N) is 1. The largest absolute Gasteiger partial charge is 0.337 e. The number of hydrogen-bond acceptors (Lipinski definition) is 5. The summed E-state index contributed by atoms with van der Waals surface area (Å²) in [4.78, 5) is 9.09. The van der Waals surface area contributed by atoms with Crippen LogP contribution in [0.1, 0.15) is 12.2 Å². The normalized spacial score (nSPS) is 18.8. The maximum atomic E-state index is 11.1. The summed E-state index contributed by atoms with van der Waals surface area (Å²) in [5.74, 6) is 1.09. The zero-order valence-corrected chi connectivity index (χ0v) is 13.6. The van der Waals surface area contributed by atoms with E-state index in [4.69, 9.17) is 0 Å². The molecule has 0 radical (unpaired) electrons. The molecular formula is C13H25N5O2S.